The number of hydrogen-bond acceptors (Lipinski definition) is 2. The van der Waals surface area contributed by atoms with E-state index in [1.807, 2.05) is 44.2 Å². The van der Waals surface area contributed by atoms with Crippen LogP contribution in [0.25, 0.3) is 0 Å². The molecule has 26 heavy (non-hydrogen) atoms. The SMILES string of the molecule is C=CCC(C)c1cc(OCc2ccccc2)c(C)cc1OC(C)(C)C=C. The van der Waals surface area contributed by atoms with Crippen LogP contribution in [0.2, 0.25) is 0 Å². The highest BCUT2D eigenvalue weighted by atomic mass is 16.5. The number of ether oxygens (including phenoxy) is 2. The second-order valence-corrected chi connectivity index (χ2v) is 7.26. The fourth-order valence-corrected chi connectivity index (χ4v) is 2.74. The first-order valence-corrected chi connectivity index (χ1v) is 9.11. The Labute approximate surface area is 158 Å². The molecule has 0 amide bonds. The highest BCUT2D eigenvalue weighted by Gasteiger charge is 2.21. The van der Waals surface area contributed by atoms with Crippen LogP contribution in [0, 0.1) is 6.92 Å². The van der Waals surface area contributed by atoms with Crippen LogP contribution in [0.4, 0.5) is 0 Å². The van der Waals surface area contributed by atoms with Crippen molar-refractivity contribution >= 4 is 0 Å². The van der Waals surface area contributed by atoms with E-state index in [0.29, 0.717) is 12.5 Å². The molecule has 2 rings (SSSR count). The first-order valence-electron chi connectivity index (χ1n) is 9.11. The van der Waals surface area contributed by atoms with E-state index < -0.39 is 5.60 Å². The highest BCUT2D eigenvalue weighted by molar-refractivity contribution is 5.48. The molecular weight excluding hydrogens is 320 g/mol. The summed E-state index contributed by atoms with van der Waals surface area (Å²) in [5, 5.41) is 0. The molecule has 2 heteroatoms. The van der Waals surface area contributed by atoms with Crippen molar-refractivity contribution in [1.29, 1.82) is 0 Å². The van der Waals surface area contributed by atoms with Gasteiger partial charge in [-0.3, -0.25) is 0 Å². The molecule has 1 unspecified atom stereocenters. The summed E-state index contributed by atoms with van der Waals surface area (Å²) in [6.07, 6.45) is 4.65. The molecular formula is C24H30O2. The first-order chi connectivity index (χ1) is 12.4. The number of benzene rings is 2. The van der Waals surface area contributed by atoms with E-state index in [2.05, 4.69) is 51.3 Å². The molecule has 0 fully saturated rings. The van der Waals surface area contributed by atoms with E-state index in [4.69, 9.17) is 9.47 Å². The number of aryl methyl sites for hydroxylation is 1. The maximum Gasteiger partial charge on any atom is 0.124 e. The van der Waals surface area contributed by atoms with E-state index in [-0.39, 0.29) is 0 Å². The van der Waals surface area contributed by atoms with Crippen LogP contribution >= 0.6 is 0 Å². The van der Waals surface area contributed by atoms with Gasteiger partial charge in [-0.25, -0.2) is 0 Å². The van der Waals surface area contributed by atoms with Crippen LogP contribution in [0.5, 0.6) is 11.5 Å². The van der Waals surface area contributed by atoms with Crippen LogP contribution < -0.4 is 9.47 Å². The van der Waals surface area contributed by atoms with Gasteiger partial charge in [0.2, 0.25) is 0 Å². The van der Waals surface area contributed by atoms with Gasteiger partial charge in [0.05, 0.1) is 0 Å². The standard InChI is InChI=1S/C24H30O2/c1-7-12-18(3)21-16-22(25-17-20-13-10-9-11-14-20)19(4)15-23(21)26-24(5,6)8-2/h7-11,13-16,18H,1-2,12,17H2,3-6H3. The maximum absolute atomic E-state index is 6.24. The molecule has 0 saturated heterocycles. The van der Waals surface area contributed by atoms with Crippen LogP contribution in [0.1, 0.15) is 49.8 Å². The van der Waals surface area contributed by atoms with Gasteiger partial charge in [-0.15, -0.1) is 6.58 Å². The highest BCUT2D eigenvalue weighted by Crippen LogP contribution is 2.37. The van der Waals surface area contributed by atoms with Gasteiger partial charge < -0.3 is 9.47 Å². The van der Waals surface area contributed by atoms with Crippen molar-refractivity contribution in [1.82, 2.24) is 0 Å². The molecule has 0 radical (unpaired) electrons. The van der Waals surface area contributed by atoms with E-state index >= 15 is 0 Å². The molecule has 2 aromatic rings. The van der Waals surface area contributed by atoms with Gasteiger partial charge in [0.15, 0.2) is 0 Å². The monoisotopic (exact) mass is 350 g/mol. The van der Waals surface area contributed by atoms with Crippen LogP contribution in [0.15, 0.2) is 67.8 Å². The van der Waals surface area contributed by atoms with Crippen molar-refractivity contribution in [3.05, 3.63) is 84.5 Å². The average molecular weight is 351 g/mol. The number of rotatable bonds is 9. The van der Waals surface area contributed by atoms with E-state index in [1.54, 1.807) is 0 Å². The Kier molecular flexibility index (Phi) is 6.68. The first kappa shape index (κ1) is 19.8. The molecule has 0 N–H and O–H groups in total. The largest absolute Gasteiger partial charge is 0.489 e. The lowest BCUT2D eigenvalue weighted by Gasteiger charge is -2.27. The Morgan fingerprint density at radius 2 is 1.77 bits per heavy atom. The van der Waals surface area contributed by atoms with Gasteiger partial charge in [-0.1, -0.05) is 49.9 Å². The summed E-state index contributed by atoms with van der Waals surface area (Å²) in [4.78, 5) is 0. The average Bonchev–Trinajstić information content (AvgIpc) is 2.61. The molecule has 0 spiro atoms. The van der Waals surface area contributed by atoms with Gasteiger partial charge >= 0.3 is 0 Å². The molecule has 2 aromatic carbocycles. The second kappa shape index (κ2) is 8.75. The zero-order valence-electron chi connectivity index (χ0n) is 16.4. The molecule has 0 bridgehead atoms. The molecule has 0 aliphatic heterocycles. The van der Waals surface area contributed by atoms with Crippen molar-refractivity contribution < 1.29 is 9.47 Å². The third kappa shape index (κ3) is 5.26. The fraction of sp³-hybridized carbons (Fsp3) is 0.333. The zero-order chi connectivity index (χ0) is 19.2. The minimum Gasteiger partial charge on any atom is -0.489 e. The topological polar surface area (TPSA) is 18.5 Å². The van der Waals surface area contributed by atoms with Gasteiger partial charge in [0, 0.05) is 5.56 Å². The van der Waals surface area contributed by atoms with E-state index in [1.165, 1.54) is 0 Å². The summed E-state index contributed by atoms with van der Waals surface area (Å²) in [6.45, 7) is 16.6. The van der Waals surface area contributed by atoms with Crippen molar-refractivity contribution in [2.45, 2.75) is 52.2 Å². The smallest absolute Gasteiger partial charge is 0.124 e. The van der Waals surface area contributed by atoms with Crippen molar-refractivity contribution in [2.75, 3.05) is 0 Å². The fourth-order valence-electron chi connectivity index (χ4n) is 2.74. The summed E-state index contributed by atoms with van der Waals surface area (Å²) in [6, 6.07) is 14.4. The van der Waals surface area contributed by atoms with Gasteiger partial charge in [0.25, 0.3) is 0 Å². The Morgan fingerprint density at radius 1 is 1.08 bits per heavy atom. The van der Waals surface area contributed by atoms with Crippen LogP contribution in [0.3, 0.4) is 0 Å². The Morgan fingerprint density at radius 3 is 2.38 bits per heavy atom. The lowest BCUT2D eigenvalue weighted by Crippen LogP contribution is -2.25. The molecule has 0 aliphatic rings. The Bertz CT molecular complexity index is 744. The van der Waals surface area contributed by atoms with E-state index in [9.17, 15) is 0 Å². The Balaban J connectivity index is 2.33. The van der Waals surface area contributed by atoms with Gasteiger partial charge in [0.1, 0.15) is 23.7 Å². The summed E-state index contributed by atoms with van der Waals surface area (Å²) in [7, 11) is 0. The van der Waals surface area contributed by atoms with E-state index in [0.717, 1.165) is 34.6 Å². The van der Waals surface area contributed by atoms with Crippen LogP contribution in [-0.2, 0) is 6.61 Å². The lowest BCUT2D eigenvalue weighted by molar-refractivity contribution is 0.159. The summed E-state index contributed by atoms with van der Waals surface area (Å²) < 4.78 is 12.3. The van der Waals surface area contributed by atoms with Crippen molar-refractivity contribution in [2.24, 2.45) is 0 Å². The van der Waals surface area contributed by atoms with Gasteiger partial charge in [-0.2, -0.15) is 0 Å². The molecule has 0 heterocycles. The molecule has 0 saturated carbocycles. The van der Waals surface area contributed by atoms with Gasteiger partial charge in [-0.05, 0) is 62.4 Å². The van der Waals surface area contributed by atoms with Crippen LogP contribution in [-0.4, -0.2) is 5.60 Å². The third-order valence-corrected chi connectivity index (χ3v) is 4.46. The number of hydrogen-bond donors (Lipinski definition) is 0. The predicted molar refractivity (Wildman–Crippen MR) is 110 cm³/mol. The quantitative estimate of drug-likeness (QED) is 0.474. The van der Waals surface area contributed by atoms with Crippen molar-refractivity contribution in [3.63, 3.8) is 0 Å². The minimum absolute atomic E-state index is 0.294. The molecule has 0 aromatic heterocycles. The molecule has 0 aliphatic carbocycles. The minimum atomic E-state index is -0.429. The maximum atomic E-state index is 6.24. The zero-order valence-corrected chi connectivity index (χ0v) is 16.4. The number of allylic oxidation sites excluding steroid dienone is 1. The third-order valence-electron chi connectivity index (χ3n) is 4.46. The Hall–Kier alpha value is -2.48. The lowest BCUT2D eigenvalue weighted by atomic mass is 9.95. The molecule has 138 valence electrons. The summed E-state index contributed by atoms with van der Waals surface area (Å²) >= 11 is 0. The predicted octanol–water partition coefficient (Wildman–Crippen LogP) is 6.60. The molecule has 2 nitrogen and oxygen atoms in total. The normalized spacial score (nSPS) is 12.3. The second-order valence-electron chi connectivity index (χ2n) is 7.26. The summed E-state index contributed by atoms with van der Waals surface area (Å²) in [5.74, 6) is 2.07. The molecule has 1 atom stereocenters. The summed E-state index contributed by atoms with van der Waals surface area (Å²) in [5.41, 5.74) is 2.92. The van der Waals surface area contributed by atoms with Crippen molar-refractivity contribution in [3.8, 4) is 11.5 Å².